The highest BCUT2D eigenvalue weighted by Crippen LogP contribution is 2.25. The molecule has 106 valence electrons. The first kappa shape index (κ1) is 15.4. The molecule has 0 bridgehead atoms. The fourth-order valence-electron chi connectivity index (χ4n) is 1.44. The van der Waals surface area contributed by atoms with E-state index >= 15 is 0 Å². The first-order valence-electron chi connectivity index (χ1n) is 5.29. The van der Waals surface area contributed by atoms with Gasteiger partial charge < -0.3 is 9.84 Å². The fourth-order valence-corrected chi connectivity index (χ4v) is 2.87. The topological polar surface area (TPSA) is 92.7 Å². The zero-order valence-corrected chi connectivity index (χ0v) is 11.4. The summed E-state index contributed by atoms with van der Waals surface area (Å²) in [7, 11) is -2.85. The molecule has 0 radical (unpaired) electrons. The maximum absolute atomic E-state index is 13.8. The monoisotopic (exact) mass is 291 g/mol. The Kier molecular flexibility index (Phi) is 4.48. The lowest BCUT2D eigenvalue weighted by Crippen LogP contribution is -2.38. The number of aliphatic carboxylic acids is 1. The molecule has 0 spiro atoms. The molecule has 0 fully saturated rings. The van der Waals surface area contributed by atoms with Crippen LogP contribution in [0.15, 0.2) is 17.0 Å². The second kappa shape index (κ2) is 5.54. The second-order valence-electron chi connectivity index (χ2n) is 3.89. The predicted molar refractivity (Wildman–Crippen MR) is 65.1 cm³/mol. The first-order chi connectivity index (χ1) is 8.70. The van der Waals surface area contributed by atoms with Gasteiger partial charge in [0.05, 0.1) is 12.0 Å². The smallest absolute Gasteiger partial charge is 0.321 e. The molecule has 1 aromatic rings. The lowest BCUT2D eigenvalue weighted by Gasteiger charge is -2.13. The average Bonchev–Trinajstić information content (AvgIpc) is 2.31. The van der Waals surface area contributed by atoms with E-state index in [-0.39, 0.29) is 16.2 Å². The first-order valence-corrected chi connectivity index (χ1v) is 6.77. The van der Waals surface area contributed by atoms with E-state index in [4.69, 9.17) is 9.84 Å². The average molecular weight is 291 g/mol. The molecule has 1 atom stereocenters. The van der Waals surface area contributed by atoms with E-state index in [1.807, 2.05) is 4.72 Å². The fraction of sp³-hybridized carbons (Fsp3) is 0.364. The van der Waals surface area contributed by atoms with Crippen LogP contribution in [0.2, 0.25) is 0 Å². The molecule has 0 aliphatic rings. The van der Waals surface area contributed by atoms with Crippen LogP contribution in [0.1, 0.15) is 12.5 Å². The van der Waals surface area contributed by atoms with Crippen molar-refractivity contribution in [3.05, 3.63) is 23.5 Å². The van der Waals surface area contributed by atoms with E-state index in [1.165, 1.54) is 27.0 Å². The molecular formula is C11H14FNO5S. The van der Waals surface area contributed by atoms with Gasteiger partial charge in [-0.3, -0.25) is 4.79 Å². The molecule has 1 aromatic carbocycles. The molecule has 0 aromatic heterocycles. The molecule has 0 saturated heterocycles. The number of nitrogens with one attached hydrogen (secondary N) is 1. The number of benzene rings is 1. The van der Waals surface area contributed by atoms with Crippen LogP contribution in [0.3, 0.4) is 0 Å². The van der Waals surface area contributed by atoms with Gasteiger partial charge in [-0.2, -0.15) is 4.72 Å². The Morgan fingerprint density at radius 2 is 2.05 bits per heavy atom. The van der Waals surface area contributed by atoms with Crippen molar-refractivity contribution in [3.63, 3.8) is 0 Å². The standard InChI is InChI=1S/C11H14FNO5S/c1-6-9(5-4-8(18-3)10(6)12)19(16,17)13-7(2)11(14)15/h4-5,7,13H,1-3H3,(H,14,15). The lowest BCUT2D eigenvalue weighted by atomic mass is 10.2. The molecule has 1 unspecified atom stereocenters. The highest BCUT2D eigenvalue weighted by Gasteiger charge is 2.25. The maximum Gasteiger partial charge on any atom is 0.321 e. The Morgan fingerprint density at radius 1 is 1.47 bits per heavy atom. The third-order valence-corrected chi connectivity index (χ3v) is 4.20. The number of ether oxygens (including phenoxy) is 1. The summed E-state index contributed by atoms with van der Waals surface area (Å²) >= 11 is 0. The van der Waals surface area contributed by atoms with Gasteiger partial charge in [0.2, 0.25) is 10.0 Å². The SMILES string of the molecule is COc1ccc(S(=O)(=O)NC(C)C(=O)O)c(C)c1F. The molecule has 8 heteroatoms. The van der Waals surface area contributed by atoms with E-state index < -0.39 is 27.9 Å². The Balaban J connectivity index is 3.23. The third-order valence-electron chi connectivity index (χ3n) is 2.51. The number of carboxylic acid groups (broad SMARTS) is 1. The molecule has 0 aliphatic carbocycles. The van der Waals surface area contributed by atoms with Crippen LogP contribution in [0.25, 0.3) is 0 Å². The molecule has 0 saturated carbocycles. The van der Waals surface area contributed by atoms with Gasteiger partial charge in [-0.05, 0) is 26.0 Å². The number of halogens is 1. The van der Waals surface area contributed by atoms with Crippen molar-refractivity contribution in [2.75, 3.05) is 7.11 Å². The minimum Gasteiger partial charge on any atom is -0.494 e. The van der Waals surface area contributed by atoms with Gasteiger partial charge in [-0.1, -0.05) is 0 Å². The van der Waals surface area contributed by atoms with E-state index in [1.54, 1.807) is 0 Å². The van der Waals surface area contributed by atoms with Crippen LogP contribution in [0.4, 0.5) is 4.39 Å². The summed E-state index contributed by atoms with van der Waals surface area (Å²) in [6.45, 7) is 2.45. The van der Waals surface area contributed by atoms with Gasteiger partial charge in [-0.25, -0.2) is 12.8 Å². The van der Waals surface area contributed by atoms with Crippen LogP contribution < -0.4 is 9.46 Å². The third kappa shape index (κ3) is 3.21. The largest absolute Gasteiger partial charge is 0.494 e. The second-order valence-corrected chi connectivity index (χ2v) is 5.57. The number of hydrogen-bond donors (Lipinski definition) is 2. The van der Waals surface area contributed by atoms with Crippen LogP contribution in [0.5, 0.6) is 5.75 Å². The van der Waals surface area contributed by atoms with Crippen LogP contribution in [0, 0.1) is 12.7 Å². The molecule has 2 N–H and O–H groups in total. The zero-order chi connectivity index (χ0) is 14.8. The Labute approximate surface area is 110 Å². The van der Waals surface area contributed by atoms with Crippen molar-refractivity contribution >= 4 is 16.0 Å². The molecule has 19 heavy (non-hydrogen) atoms. The van der Waals surface area contributed by atoms with E-state index in [9.17, 15) is 17.6 Å². The van der Waals surface area contributed by atoms with Crippen molar-refractivity contribution in [3.8, 4) is 5.75 Å². The van der Waals surface area contributed by atoms with Gasteiger partial charge in [0.1, 0.15) is 6.04 Å². The van der Waals surface area contributed by atoms with Crippen molar-refractivity contribution in [1.29, 1.82) is 0 Å². The molecular weight excluding hydrogens is 277 g/mol. The normalized spacial score (nSPS) is 13.1. The molecule has 1 rings (SSSR count). The minimum atomic E-state index is -4.11. The quantitative estimate of drug-likeness (QED) is 0.840. The van der Waals surface area contributed by atoms with Gasteiger partial charge in [0.15, 0.2) is 11.6 Å². The van der Waals surface area contributed by atoms with Crippen molar-refractivity contribution < 1.29 is 27.4 Å². The summed E-state index contributed by atoms with van der Waals surface area (Å²) in [5, 5.41) is 8.68. The van der Waals surface area contributed by atoms with Gasteiger partial charge >= 0.3 is 5.97 Å². The summed E-state index contributed by atoms with van der Waals surface area (Å²) in [4.78, 5) is 10.3. The number of hydrogen-bond acceptors (Lipinski definition) is 4. The Bertz CT molecular complexity index is 599. The van der Waals surface area contributed by atoms with E-state index in [0.29, 0.717) is 0 Å². The van der Waals surface area contributed by atoms with Gasteiger partial charge in [0.25, 0.3) is 0 Å². The lowest BCUT2D eigenvalue weighted by molar-refractivity contribution is -0.138. The number of carboxylic acids is 1. The molecule has 0 heterocycles. The van der Waals surface area contributed by atoms with Crippen LogP contribution in [-0.2, 0) is 14.8 Å². The van der Waals surface area contributed by atoms with Crippen LogP contribution in [-0.4, -0.2) is 32.6 Å². The van der Waals surface area contributed by atoms with Gasteiger partial charge in [-0.15, -0.1) is 0 Å². The van der Waals surface area contributed by atoms with Crippen molar-refractivity contribution in [2.24, 2.45) is 0 Å². The van der Waals surface area contributed by atoms with Crippen molar-refractivity contribution in [2.45, 2.75) is 24.8 Å². The minimum absolute atomic E-state index is 0.0808. The summed E-state index contributed by atoms with van der Waals surface area (Å²) in [6.07, 6.45) is 0. The summed E-state index contributed by atoms with van der Waals surface area (Å²) in [5.74, 6) is -2.20. The maximum atomic E-state index is 13.8. The summed E-state index contributed by atoms with van der Waals surface area (Å²) in [6, 6.07) is 1.02. The Hall–Kier alpha value is -1.67. The number of sulfonamides is 1. The molecule has 6 nitrogen and oxygen atoms in total. The number of rotatable bonds is 5. The van der Waals surface area contributed by atoms with Crippen LogP contribution >= 0.6 is 0 Å². The van der Waals surface area contributed by atoms with Crippen molar-refractivity contribution in [1.82, 2.24) is 4.72 Å². The number of carbonyl (C=O) groups is 1. The Morgan fingerprint density at radius 3 is 2.53 bits per heavy atom. The van der Waals surface area contributed by atoms with E-state index in [0.717, 1.165) is 6.07 Å². The molecule has 0 amide bonds. The summed E-state index contributed by atoms with van der Waals surface area (Å²) in [5.41, 5.74) is -0.135. The van der Waals surface area contributed by atoms with E-state index in [2.05, 4.69) is 0 Å². The van der Waals surface area contributed by atoms with Gasteiger partial charge in [0, 0.05) is 5.56 Å². The molecule has 0 aliphatic heterocycles. The summed E-state index contributed by atoms with van der Waals surface area (Å²) < 4.78 is 44.3. The predicted octanol–water partition coefficient (Wildman–Crippen LogP) is 0.894. The zero-order valence-electron chi connectivity index (χ0n) is 10.6. The highest BCUT2D eigenvalue weighted by atomic mass is 32.2. The highest BCUT2D eigenvalue weighted by molar-refractivity contribution is 7.89. The number of methoxy groups -OCH3 is 1.